The summed E-state index contributed by atoms with van der Waals surface area (Å²) >= 11 is 0. The molecule has 0 amide bonds. The second-order valence-corrected chi connectivity index (χ2v) is 6.93. The minimum Gasteiger partial charge on any atom is -0.508 e. The molecule has 3 N–H and O–H groups in total. The normalized spacial score (nSPS) is 16.0. The van der Waals surface area contributed by atoms with Crippen molar-refractivity contribution in [2.24, 2.45) is 5.73 Å². The predicted octanol–water partition coefficient (Wildman–Crippen LogP) is 2.74. The second-order valence-electron chi connectivity index (χ2n) is 6.93. The molecular formula is C23H20FN3O5. The van der Waals surface area contributed by atoms with Gasteiger partial charge in [-0.15, -0.1) is 0 Å². The molecule has 0 radical (unpaired) electrons. The van der Waals surface area contributed by atoms with Crippen LogP contribution in [0, 0.1) is 24.1 Å². The number of carbonyl (C=O) groups excluding carboxylic acids is 2. The molecule has 1 heterocycles. The van der Waals surface area contributed by atoms with Crippen molar-refractivity contribution in [3.05, 3.63) is 82.1 Å². The lowest BCUT2D eigenvalue weighted by Gasteiger charge is -2.36. The zero-order valence-corrected chi connectivity index (χ0v) is 17.5. The van der Waals surface area contributed by atoms with E-state index in [1.54, 1.807) is 30.3 Å². The Morgan fingerprint density at radius 2 is 1.78 bits per heavy atom. The van der Waals surface area contributed by atoms with Crippen LogP contribution >= 0.6 is 0 Å². The van der Waals surface area contributed by atoms with E-state index in [1.165, 1.54) is 6.92 Å². The number of allylic oxidation sites excluding steroid dienone is 1. The summed E-state index contributed by atoms with van der Waals surface area (Å²) in [7, 11) is 2.20. The molecule has 0 spiro atoms. The fraction of sp³-hybridized carbons (Fsp3) is 0.174. The fourth-order valence-electron chi connectivity index (χ4n) is 3.59. The highest BCUT2D eigenvalue weighted by molar-refractivity contribution is 6.06. The number of hydrogen-bond acceptors (Lipinski definition) is 8. The van der Waals surface area contributed by atoms with Crippen molar-refractivity contribution >= 4 is 17.6 Å². The van der Waals surface area contributed by atoms with Crippen molar-refractivity contribution in [2.75, 3.05) is 19.1 Å². The molecule has 1 aliphatic heterocycles. The van der Waals surface area contributed by atoms with Crippen molar-refractivity contribution < 1.29 is 28.6 Å². The maximum Gasteiger partial charge on any atom is 0.355 e. The summed E-state index contributed by atoms with van der Waals surface area (Å²) in [6.07, 6.45) is 0. The van der Waals surface area contributed by atoms with Gasteiger partial charge in [0.1, 0.15) is 23.1 Å². The van der Waals surface area contributed by atoms with Crippen LogP contribution in [-0.2, 0) is 19.1 Å². The number of methoxy groups -OCH3 is 2. The minimum atomic E-state index is -1.07. The van der Waals surface area contributed by atoms with Crippen LogP contribution in [0.2, 0.25) is 0 Å². The molecule has 0 saturated carbocycles. The van der Waals surface area contributed by atoms with E-state index in [9.17, 15) is 24.3 Å². The van der Waals surface area contributed by atoms with Gasteiger partial charge >= 0.3 is 11.9 Å². The van der Waals surface area contributed by atoms with Gasteiger partial charge in [0.15, 0.2) is 0 Å². The molecule has 2 aromatic carbocycles. The largest absolute Gasteiger partial charge is 0.508 e. The van der Waals surface area contributed by atoms with Crippen LogP contribution in [0.25, 0.3) is 0 Å². The number of benzene rings is 2. The molecule has 0 bridgehead atoms. The van der Waals surface area contributed by atoms with Gasteiger partial charge < -0.3 is 20.3 Å². The van der Waals surface area contributed by atoms with Crippen molar-refractivity contribution in [3.8, 4) is 11.8 Å². The lowest BCUT2D eigenvalue weighted by molar-refractivity contribution is -0.139. The first-order chi connectivity index (χ1) is 15.3. The van der Waals surface area contributed by atoms with Gasteiger partial charge in [-0.3, -0.25) is 4.90 Å². The number of hydrogen-bond donors (Lipinski definition) is 2. The summed E-state index contributed by atoms with van der Waals surface area (Å²) in [4.78, 5) is 26.7. The van der Waals surface area contributed by atoms with Crippen molar-refractivity contribution in [2.45, 2.75) is 12.8 Å². The van der Waals surface area contributed by atoms with Gasteiger partial charge in [0.2, 0.25) is 0 Å². The summed E-state index contributed by atoms with van der Waals surface area (Å²) in [6.45, 7) is 1.49. The van der Waals surface area contributed by atoms with Crippen molar-refractivity contribution in [3.63, 3.8) is 0 Å². The summed E-state index contributed by atoms with van der Waals surface area (Å²) < 4.78 is 24.8. The number of aromatic hydroxyl groups is 1. The van der Waals surface area contributed by atoms with Crippen molar-refractivity contribution in [1.29, 1.82) is 5.26 Å². The van der Waals surface area contributed by atoms with E-state index >= 15 is 0 Å². The Labute approximate surface area is 183 Å². The molecule has 8 nitrogen and oxygen atoms in total. The standard InChI is InChI=1S/C23H20FN3O5/c1-12-9-15(24)16(10-17(12)28)27-20(23(30)32-3)19(22(29)31-2)18(14(11-25)21(27)26)13-7-5-4-6-8-13/h4-10,18,28H,26H2,1-3H3. The number of phenols is 1. The van der Waals surface area contributed by atoms with E-state index in [1.807, 2.05) is 6.07 Å². The highest BCUT2D eigenvalue weighted by atomic mass is 19.1. The second kappa shape index (κ2) is 8.81. The molecule has 1 unspecified atom stereocenters. The van der Waals surface area contributed by atoms with Gasteiger partial charge in [-0.25, -0.2) is 14.0 Å². The Kier molecular flexibility index (Phi) is 6.16. The number of phenolic OH excluding ortho intramolecular Hbond substituents is 1. The fourth-order valence-corrected chi connectivity index (χ4v) is 3.59. The predicted molar refractivity (Wildman–Crippen MR) is 112 cm³/mol. The molecule has 3 rings (SSSR count). The molecule has 164 valence electrons. The lowest BCUT2D eigenvalue weighted by atomic mass is 9.81. The Balaban J connectivity index is 2.46. The van der Waals surface area contributed by atoms with E-state index in [0.717, 1.165) is 31.3 Å². The number of halogens is 1. The SMILES string of the molecule is COC(=O)C1=C(C(=O)OC)N(c2cc(O)c(C)cc2F)C(N)=C(C#N)C1c1ccccc1. The van der Waals surface area contributed by atoms with Crippen LogP contribution in [0.1, 0.15) is 17.0 Å². The maximum atomic E-state index is 15.0. The molecule has 32 heavy (non-hydrogen) atoms. The highest BCUT2D eigenvalue weighted by Crippen LogP contribution is 2.44. The molecule has 0 aromatic heterocycles. The van der Waals surface area contributed by atoms with Crippen LogP contribution in [0.3, 0.4) is 0 Å². The van der Waals surface area contributed by atoms with E-state index in [-0.39, 0.29) is 34.0 Å². The molecule has 0 saturated heterocycles. The lowest BCUT2D eigenvalue weighted by Crippen LogP contribution is -2.41. The van der Waals surface area contributed by atoms with Gasteiger partial charge in [-0.05, 0) is 24.1 Å². The summed E-state index contributed by atoms with van der Waals surface area (Å²) in [5.74, 6) is -4.42. The van der Waals surface area contributed by atoms with Gasteiger partial charge in [-0.2, -0.15) is 5.26 Å². The molecule has 1 aliphatic rings. The first-order valence-electron chi connectivity index (χ1n) is 9.41. The van der Waals surface area contributed by atoms with Gasteiger partial charge in [-0.1, -0.05) is 30.3 Å². The minimum absolute atomic E-state index is 0.108. The van der Waals surface area contributed by atoms with E-state index < -0.39 is 29.4 Å². The number of ether oxygens (including phenoxy) is 2. The summed E-state index contributed by atoms with van der Waals surface area (Å²) in [5.41, 5.74) is 5.88. The summed E-state index contributed by atoms with van der Waals surface area (Å²) in [6, 6.07) is 12.5. The van der Waals surface area contributed by atoms with E-state index in [0.29, 0.717) is 5.56 Å². The maximum absolute atomic E-state index is 15.0. The number of nitriles is 1. The van der Waals surface area contributed by atoms with Gasteiger partial charge in [0.05, 0.1) is 43.0 Å². The van der Waals surface area contributed by atoms with Gasteiger partial charge in [0, 0.05) is 6.07 Å². The third kappa shape index (κ3) is 3.63. The first kappa shape index (κ1) is 22.4. The monoisotopic (exact) mass is 437 g/mol. The molecule has 9 heteroatoms. The highest BCUT2D eigenvalue weighted by Gasteiger charge is 2.43. The molecular weight excluding hydrogens is 417 g/mol. The van der Waals surface area contributed by atoms with E-state index in [4.69, 9.17) is 15.2 Å². The molecule has 0 fully saturated rings. The van der Waals surface area contributed by atoms with Crippen LogP contribution in [0.15, 0.2) is 65.1 Å². The quantitative estimate of drug-likeness (QED) is 0.700. The Morgan fingerprint density at radius 1 is 1.16 bits per heavy atom. The Bertz CT molecular complexity index is 1200. The zero-order chi connectivity index (χ0) is 23.6. The zero-order valence-electron chi connectivity index (χ0n) is 17.5. The van der Waals surface area contributed by atoms with Crippen LogP contribution in [-0.4, -0.2) is 31.3 Å². The van der Waals surface area contributed by atoms with Gasteiger partial charge in [0.25, 0.3) is 0 Å². The molecule has 0 aliphatic carbocycles. The number of carbonyl (C=O) groups is 2. The number of rotatable bonds is 4. The number of esters is 2. The van der Waals surface area contributed by atoms with Crippen molar-refractivity contribution in [1.82, 2.24) is 0 Å². The number of nitrogens with zero attached hydrogens (tertiary/aromatic N) is 2. The van der Waals surface area contributed by atoms with Crippen LogP contribution in [0.5, 0.6) is 5.75 Å². The third-order valence-electron chi connectivity index (χ3n) is 5.12. The third-order valence-corrected chi connectivity index (χ3v) is 5.12. The first-order valence-corrected chi connectivity index (χ1v) is 9.41. The molecule has 2 aromatic rings. The number of anilines is 1. The number of aryl methyl sites for hydroxylation is 1. The molecule has 1 atom stereocenters. The smallest absolute Gasteiger partial charge is 0.355 e. The average molecular weight is 437 g/mol. The average Bonchev–Trinajstić information content (AvgIpc) is 2.80. The van der Waals surface area contributed by atoms with E-state index in [2.05, 4.69) is 0 Å². The number of nitrogens with two attached hydrogens (primary N) is 1. The Morgan fingerprint density at radius 3 is 2.34 bits per heavy atom. The summed E-state index contributed by atoms with van der Waals surface area (Å²) in [5, 5.41) is 20.1. The Hall–Kier alpha value is -4.32. The van der Waals surface area contributed by atoms with Crippen LogP contribution < -0.4 is 10.6 Å². The van der Waals surface area contributed by atoms with Crippen LogP contribution in [0.4, 0.5) is 10.1 Å². The topological polar surface area (TPSA) is 126 Å².